The Balaban J connectivity index is 2.86. The fourth-order valence-electron chi connectivity index (χ4n) is 1.57. The molecule has 0 saturated carbocycles. The molecule has 5 atom stereocenters. The normalized spacial score (nSPS) is 32.9. The van der Waals surface area contributed by atoms with Gasteiger partial charge in [0.05, 0.1) is 6.10 Å². The van der Waals surface area contributed by atoms with Crippen LogP contribution in [0.4, 0.5) is 4.39 Å². The van der Waals surface area contributed by atoms with E-state index in [0.29, 0.717) is 0 Å². The summed E-state index contributed by atoms with van der Waals surface area (Å²) in [6.07, 6.45) is -5.08. The molecular formula is C8H14FNO5. The molecular weight excluding hydrogens is 209 g/mol. The van der Waals surface area contributed by atoms with Crippen LogP contribution >= 0.6 is 0 Å². The van der Waals surface area contributed by atoms with E-state index in [4.69, 9.17) is 4.74 Å². The van der Waals surface area contributed by atoms with Crippen molar-refractivity contribution in [2.45, 2.75) is 44.1 Å². The predicted octanol–water partition coefficient (Wildman–Crippen LogP) is 0.112. The van der Waals surface area contributed by atoms with E-state index < -0.39 is 29.0 Å². The van der Waals surface area contributed by atoms with E-state index in [2.05, 4.69) is 4.74 Å². The highest BCUT2D eigenvalue weighted by atomic mass is 19.1. The van der Waals surface area contributed by atoms with Gasteiger partial charge in [0.25, 0.3) is 5.54 Å². The molecule has 0 spiro atoms. The van der Waals surface area contributed by atoms with Crippen LogP contribution in [0, 0.1) is 10.1 Å². The van der Waals surface area contributed by atoms with Gasteiger partial charge in [-0.05, 0) is 6.92 Å². The Kier molecular flexibility index (Phi) is 3.27. The highest BCUT2D eigenvalue weighted by Crippen LogP contribution is 2.38. The molecule has 0 amide bonds. The molecule has 1 saturated heterocycles. The molecule has 7 heteroatoms. The molecule has 0 aliphatic carbocycles. The van der Waals surface area contributed by atoms with E-state index in [9.17, 15) is 19.6 Å². The lowest BCUT2D eigenvalue weighted by Gasteiger charge is -2.26. The number of nitro groups is 1. The standard InChI is InChI=1S/C8H14FNO5/c1-4-6(15-4)8(2,10(12)13)5(11)7(9)14-3/h4-7,11H,1-3H3/t4-,5+,6+,7+,8+/m0/s1. The van der Waals surface area contributed by atoms with Gasteiger partial charge in [0.2, 0.25) is 6.36 Å². The van der Waals surface area contributed by atoms with E-state index in [0.717, 1.165) is 14.0 Å². The van der Waals surface area contributed by atoms with E-state index in [1.165, 1.54) is 0 Å². The maximum absolute atomic E-state index is 13.1. The summed E-state index contributed by atoms with van der Waals surface area (Å²) in [4.78, 5) is 10.1. The van der Waals surface area contributed by atoms with Crippen molar-refractivity contribution in [3.05, 3.63) is 10.1 Å². The molecule has 0 bridgehead atoms. The van der Waals surface area contributed by atoms with Gasteiger partial charge in [0.15, 0.2) is 12.2 Å². The number of aliphatic hydroxyl groups is 1. The number of ether oxygens (including phenoxy) is 2. The fraction of sp³-hybridized carbons (Fsp3) is 1.00. The van der Waals surface area contributed by atoms with Gasteiger partial charge in [0, 0.05) is 19.0 Å². The van der Waals surface area contributed by atoms with Gasteiger partial charge in [-0.15, -0.1) is 0 Å². The quantitative estimate of drug-likeness (QED) is 0.406. The Morgan fingerprint density at radius 2 is 2.20 bits per heavy atom. The number of hydrogen-bond acceptors (Lipinski definition) is 5. The lowest BCUT2D eigenvalue weighted by Crippen LogP contribution is -2.56. The second kappa shape index (κ2) is 3.99. The van der Waals surface area contributed by atoms with Crippen molar-refractivity contribution in [1.29, 1.82) is 0 Å². The smallest absolute Gasteiger partial charge is 0.278 e. The van der Waals surface area contributed by atoms with Gasteiger partial charge < -0.3 is 14.6 Å². The first-order valence-corrected chi connectivity index (χ1v) is 4.50. The molecule has 0 aromatic carbocycles. The van der Waals surface area contributed by atoms with E-state index in [-0.39, 0.29) is 6.10 Å². The number of methoxy groups -OCH3 is 1. The lowest BCUT2D eigenvalue weighted by atomic mass is 9.90. The van der Waals surface area contributed by atoms with Crippen LogP contribution in [0.5, 0.6) is 0 Å². The first-order chi connectivity index (χ1) is 6.85. The Morgan fingerprint density at radius 3 is 2.47 bits per heavy atom. The van der Waals surface area contributed by atoms with Crippen LogP contribution in [0.1, 0.15) is 13.8 Å². The summed E-state index contributed by atoms with van der Waals surface area (Å²) in [5, 5.41) is 20.4. The van der Waals surface area contributed by atoms with Gasteiger partial charge in [-0.2, -0.15) is 0 Å². The average molecular weight is 223 g/mol. The highest BCUT2D eigenvalue weighted by molar-refractivity contribution is 5.02. The summed E-state index contributed by atoms with van der Waals surface area (Å²) in [7, 11) is 1.03. The molecule has 1 fully saturated rings. The molecule has 1 heterocycles. The minimum Gasteiger partial charge on any atom is -0.381 e. The monoisotopic (exact) mass is 223 g/mol. The minimum absolute atomic E-state index is 0.348. The van der Waals surface area contributed by atoms with Gasteiger partial charge in [-0.25, -0.2) is 4.39 Å². The third-order valence-corrected chi connectivity index (χ3v) is 2.75. The second-order valence-electron chi connectivity index (χ2n) is 3.78. The molecule has 1 rings (SSSR count). The number of alkyl halides is 1. The van der Waals surface area contributed by atoms with Gasteiger partial charge in [-0.3, -0.25) is 10.1 Å². The Hall–Kier alpha value is -0.790. The molecule has 1 N–H and O–H groups in total. The number of epoxide rings is 1. The Bertz CT molecular complexity index is 263. The minimum atomic E-state index is -2.10. The lowest BCUT2D eigenvalue weighted by molar-refractivity contribution is -0.585. The summed E-state index contributed by atoms with van der Waals surface area (Å²) >= 11 is 0. The van der Waals surface area contributed by atoms with Crippen molar-refractivity contribution in [3.63, 3.8) is 0 Å². The van der Waals surface area contributed by atoms with Crippen molar-refractivity contribution >= 4 is 0 Å². The molecule has 0 radical (unpaired) electrons. The second-order valence-corrected chi connectivity index (χ2v) is 3.78. The van der Waals surface area contributed by atoms with Gasteiger partial charge >= 0.3 is 0 Å². The summed E-state index contributed by atoms with van der Waals surface area (Å²) in [6.45, 7) is 2.77. The van der Waals surface area contributed by atoms with Crippen LogP contribution < -0.4 is 0 Å². The molecule has 1 aliphatic heterocycles. The molecule has 0 aromatic rings. The van der Waals surface area contributed by atoms with Crippen LogP contribution in [0.2, 0.25) is 0 Å². The van der Waals surface area contributed by atoms with Crippen LogP contribution in [0.25, 0.3) is 0 Å². The molecule has 1 aliphatic rings. The molecule has 0 unspecified atom stereocenters. The first kappa shape index (κ1) is 12.3. The molecule has 88 valence electrons. The zero-order valence-corrected chi connectivity index (χ0v) is 8.71. The maximum atomic E-state index is 13.1. The highest BCUT2D eigenvalue weighted by Gasteiger charge is 2.64. The summed E-state index contributed by atoms with van der Waals surface area (Å²) in [5.74, 6) is 0. The Morgan fingerprint density at radius 1 is 1.73 bits per heavy atom. The average Bonchev–Trinajstić information content (AvgIpc) is 2.91. The number of hydrogen-bond donors (Lipinski definition) is 1. The zero-order valence-electron chi connectivity index (χ0n) is 8.71. The molecule has 15 heavy (non-hydrogen) atoms. The van der Waals surface area contributed by atoms with Crippen molar-refractivity contribution in [3.8, 4) is 0 Å². The van der Waals surface area contributed by atoms with Crippen molar-refractivity contribution in [2.75, 3.05) is 7.11 Å². The zero-order chi connectivity index (χ0) is 11.8. The molecule has 0 aromatic heterocycles. The van der Waals surface area contributed by atoms with Crippen molar-refractivity contribution in [2.24, 2.45) is 0 Å². The van der Waals surface area contributed by atoms with Crippen LogP contribution in [0.15, 0.2) is 0 Å². The largest absolute Gasteiger partial charge is 0.381 e. The SMILES string of the molecule is CO[C@@H](F)[C@@H](O)[C@](C)([C@@H]1O[C@H]1C)[N+](=O)[O-]. The number of nitrogens with zero attached hydrogens (tertiary/aromatic N) is 1. The first-order valence-electron chi connectivity index (χ1n) is 4.50. The third kappa shape index (κ3) is 1.95. The Labute approximate surface area is 86.1 Å². The number of rotatable bonds is 5. The van der Waals surface area contributed by atoms with Crippen LogP contribution in [0.3, 0.4) is 0 Å². The van der Waals surface area contributed by atoms with Crippen molar-refractivity contribution in [1.82, 2.24) is 0 Å². The maximum Gasteiger partial charge on any atom is 0.278 e. The van der Waals surface area contributed by atoms with Gasteiger partial charge in [-0.1, -0.05) is 0 Å². The summed E-state index contributed by atoms with van der Waals surface area (Å²) < 4.78 is 22.2. The number of halogens is 1. The summed E-state index contributed by atoms with van der Waals surface area (Å²) in [5.41, 5.74) is -1.88. The van der Waals surface area contributed by atoms with E-state index in [1.54, 1.807) is 6.92 Å². The van der Waals surface area contributed by atoms with E-state index in [1.807, 2.05) is 0 Å². The topological polar surface area (TPSA) is 85.1 Å². The summed E-state index contributed by atoms with van der Waals surface area (Å²) in [6, 6.07) is 0. The van der Waals surface area contributed by atoms with E-state index >= 15 is 0 Å². The van der Waals surface area contributed by atoms with Crippen LogP contribution in [-0.4, -0.2) is 47.3 Å². The third-order valence-electron chi connectivity index (χ3n) is 2.75. The molecule has 6 nitrogen and oxygen atoms in total. The predicted molar refractivity (Wildman–Crippen MR) is 47.6 cm³/mol. The number of aliphatic hydroxyl groups excluding tert-OH is 1. The van der Waals surface area contributed by atoms with Crippen molar-refractivity contribution < 1.29 is 23.9 Å². The van der Waals surface area contributed by atoms with Crippen LogP contribution in [-0.2, 0) is 9.47 Å². The fourth-order valence-corrected chi connectivity index (χ4v) is 1.57. The van der Waals surface area contributed by atoms with Gasteiger partial charge in [0.1, 0.15) is 0 Å².